The molecule has 0 aliphatic carbocycles. The number of aromatic nitrogens is 2. The highest BCUT2D eigenvalue weighted by Crippen LogP contribution is 2.31. The minimum atomic E-state index is -4.05. The monoisotopic (exact) mass is 523 g/mol. The van der Waals surface area contributed by atoms with Crippen molar-refractivity contribution in [1.29, 1.82) is 0 Å². The lowest BCUT2D eigenvalue weighted by molar-refractivity contribution is 0.0686. The molecule has 0 saturated heterocycles. The number of rotatable bonds is 9. The van der Waals surface area contributed by atoms with Gasteiger partial charge < -0.3 is 5.11 Å². The lowest BCUT2D eigenvalue weighted by Gasteiger charge is -2.12. The third-order valence-electron chi connectivity index (χ3n) is 5.94. The topological polar surface area (TPSA) is 115 Å². The number of hydrogen-bond acceptors (Lipinski definition) is 4. The Hall–Kier alpha value is -3.46. The normalized spacial score (nSPS) is 11.5. The van der Waals surface area contributed by atoms with Gasteiger partial charge in [0.05, 0.1) is 21.3 Å². The summed E-state index contributed by atoms with van der Waals surface area (Å²) in [7, 11) is -4.05. The predicted molar refractivity (Wildman–Crippen MR) is 140 cm³/mol. The van der Waals surface area contributed by atoms with Gasteiger partial charge in [0.25, 0.3) is 0 Å². The summed E-state index contributed by atoms with van der Waals surface area (Å²) in [6.45, 7) is 2.05. The average molecular weight is 524 g/mol. The molecule has 0 aliphatic rings. The second kappa shape index (κ2) is 10.7. The average Bonchev–Trinajstić information content (AvgIpc) is 3.21. The summed E-state index contributed by atoms with van der Waals surface area (Å²) >= 11 is 6.37. The molecule has 0 fully saturated rings. The molecule has 1 aromatic heterocycles. The van der Waals surface area contributed by atoms with Crippen molar-refractivity contribution in [3.63, 3.8) is 0 Å². The van der Waals surface area contributed by atoms with E-state index in [9.17, 15) is 18.3 Å². The summed E-state index contributed by atoms with van der Waals surface area (Å²) in [6.07, 6.45) is 2.47. The van der Waals surface area contributed by atoms with Gasteiger partial charge in [-0.3, -0.25) is 0 Å². The molecule has 186 valence electrons. The summed E-state index contributed by atoms with van der Waals surface area (Å²) in [5.74, 6) is -1.15. The maximum Gasteiger partial charge on any atom is 0.354 e. The number of unbranched alkanes of at least 4 members (excludes halogenated alkanes) is 1. The van der Waals surface area contributed by atoms with Gasteiger partial charge in [-0.1, -0.05) is 79.5 Å². The molecule has 36 heavy (non-hydrogen) atoms. The van der Waals surface area contributed by atoms with Crippen LogP contribution in [0.1, 0.15) is 47.1 Å². The Balaban J connectivity index is 1.87. The molecular formula is C27H26ClN3O4S. The van der Waals surface area contributed by atoms with Crippen molar-refractivity contribution >= 4 is 27.6 Å². The van der Waals surface area contributed by atoms with Gasteiger partial charge in [0.2, 0.25) is 10.0 Å². The van der Waals surface area contributed by atoms with Crippen LogP contribution in [-0.4, -0.2) is 29.3 Å². The van der Waals surface area contributed by atoms with Crippen LogP contribution in [0.5, 0.6) is 0 Å². The molecule has 7 nitrogen and oxygen atoms in total. The van der Waals surface area contributed by atoms with Crippen molar-refractivity contribution in [2.75, 3.05) is 0 Å². The maximum absolute atomic E-state index is 12.5. The van der Waals surface area contributed by atoms with Crippen LogP contribution in [0, 0.1) is 0 Å². The Morgan fingerprint density at radius 3 is 2.39 bits per heavy atom. The largest absolute Gasteiger partial charge is 0.476 e. The molecule has 0 bridgehead atoms. The number of sulfonamides is 1. The van der Waals surface area contributed by atoms with Gasteiger partial charge in [0, 0.05) is 17.5 Å². The fourth-order valence-electron chi connectivity index (χ4n) is 4.22. The molecule has 9 heteroatoms. The Bertz CT molecular complexity index is 1520. The molecule has 0 spiro atoms. The molecule has 1 heterocycles. The van der Waals surface area contributed by atoms with E-state index in [1.165, 1.54) is 10.7 Å². The van der Waals surface area contributed by atoms with Crippen LogP contribution in [0.2, 0.25) is 5.02 Å². The smallest absolute Gasteiger partial charge is 0.354 e. The van der Waals surface area contributed by atoms with Gasteiger partial charge in [-0.05, 0) is 42.2 Å². The zero-order valence-corrected chi connectivity index (χ0v) is 21.3. The standard InChI is InChI=1S/C27H26ClN3O4S/c1-2-3-12-23-21(26(27(32)33)31(30-23)24-13-8-7-11-22(24)28)16-18-14-15-20(19-9-5-4-6-10-19)25(17-18)36(29,34)35/h4-11,13-15,17H,2-3,12,16H2,1H3,(H,32,33)(H2,29,34,35). The lowest BCUT2D eigenvalue weighted by atomic mass is 9.97. The van der Waals surface area contributed by atoms with E-state index in [4.69, 9.17) is 16.7 Å². The van der Waals surface area contributed by atoms with Gasteiger partial charge in [-0.15, -0.1) is 0 Å². The van der Waals surface area contributed by atoms with Crippen molar-refractivity contribution < 1.29 is 18.3 Å². The number of halogens is 1. The Morgan fingerprint density at radius 1 is 1.06 bits per heavy atom. The quantitative estimate of drug-likeness (QED) is 0.302. The molecule has 0 atom stereocenters. The second-order valence-corrected chi connectivity index (χ2v) is 10.4. The molecule has 0 aliphatic heterocycles. The fraction of sp³-hybridized carbons (Fsp3) is 0.185. The third-order valence-corrected chi connectivity index (χ3v) is 7.21. The van der Waals surface area contributed by atoms with Crippen LogP contribution in [0.4, 0.5) is 0 Å². The van der Waals surface area contributed by atoms with E-state index in [2.05, 4.69) is 5.10 Å². The molecular weight excluding hydrogens is 498 g/mol. The number of nitrogens with two attached hydrogens (primary N) is 1. The minimum absolute atomic E-state index is 0.00139. The first-order chi connectivity index (χ1) is 17.2. The zero-order chi connectivity index (χ0) is 25.9. The van der Waals surface area contributed by atoms with Gasteiger partial charge in [-0.25, -0.2) is 23.0 Å². The minimum Gasteiger partial charge on any atom is -0.476 e. The van der Waals surface area contributed by atoms with E-state index in [1.54, 1.807) is 36.4 Å². The number of aromatic carboxylic acids is 1. The summed E-state index contributed by atoms with van der Waals surface area (Å²) in [6, 6.07) is 21.0. The van der Waals surface area contributed by atoms with Crippen molar-refractivity contribution in [3.05, 3.63) is 100 Å². The highest BCUT2D eigenvalue weighted by atomic mass is 35.5. The van der Waals surface area contributed by atoms with Crippen LogP contribution < -0.4 is 5.14 Å². The molecule has 3 N–H and O–H groups in total. The van der Waals surface area contributed by atoms with E-state index < -0.39 is 16.0 Å². The number of benzene rings is 3. The van der Waals surface area contributed by atoms with Crippen molar-refractivity contribution in [3.8, 4) is 16.8 Å². The number of aryl methyl sites for hydroxylation is 1. The van der Waals surface area contributed by atoms with Crippen LogP contribution in [0.3, 0.4) is 0 Å². The molecule has 0 amide bonds. The summed E-state index contributed by atoms with van der Waals surface area (Å²) < 4.78 is 26.4. The number of nitrogens with zero attached hydrogens (tertiary/aromatic N) is 2. The Morgan fingerprint density at radius 2 is 1.75 bits per heavy atom. The van der Waals surface area contributed by atoms with E-state index in [-0.39, 0.29) is 17.0 Å². The first kappa shape index (κ1) is 25.6. The summed E-state index contributed by atoms with van der Waals surface area (Å²) in [4.78, 5) is 12.4. The van der Waals surface area contributed by atoms with Crippen LogP contribution >= 0.6 is 11.6 Å². The van der Waals surface area contributed by atoms with Crippen LogP contribution in [0.25, 0.3) is 16.8 Å². The molecule has 0 unspecified atom stereocenters. The van der Waals surface area contributed by atoms with Crippen molar-refractivity contribution in [2.24, 2.45) is 5.14 Å². The van der Waals surface area contributed by atoms with Crippen LogP contribution in [-0.2, 0) is 22.9 Å². The zero-order valence-electron chi connectivity index (χ0n) is 19.7. The van der Waals surface area contributed by atoms with Crippen molar-refractivity contribution in [1.82, 2.24) is 9.78 Å². The predicted octanol–water partition coefficient (Wildman–Crippen LogP) is 5.47. The lowest BCUT2D eigenvalue weighted by Crippen LogP contribution is -2.14. The number of hydrogen-bond donors (Lipinski definition) is 2. The maximum atomic E-state index is 12.5. The highest BCUT2D eigenvalue weighted by Gasteiger charge is 2.26. The van der Waals surface area contributed by atoms with Gasteiger partial charge in [0.15, 0.2) is 5.69 Å². The highest BCUT2D eigenvalue weighted by molar-refractivity contribution is 7.89. The van der Waals surface area contributed by atoms with Gasteiger partial charge in [-0.2, -0.15) is 5.10 Å². The SMILES string of the molecule is CCCCc1nn(-c2ccccc2Cl)c(C(=O)O)c1Cc1ccc(-c2ccccc2)c(S(N)(=O)=O)c1. The number of carboxylic acids is 1. The van der Waals surface area contributed by atoms with E-state index >= 15 is 0 Å². The van der Waals surface area contributed by atoms with Gasteiger partial charge >= 0.3 is 5.97 Å². The van der Waals surface area contributed by atoms with E-state index in [0.29, 0.717) is 39.5 Å². The molecule has 0 radical (unpaired) electrons. The first-order valence-corrected chi connectivity index (χ1v) is 13.4. The van der Waals surface area contributed by atoms with Crippen LogP contribution in [0.15, 0.2) is 77.7 Å². The van der Waals surface area contributed by atoms with E-state index in [0.717, 1.165) is 18.4 Å². The third kappa shape index (κ3) is 5.36. The summed E-state index contributed by atoms with van der Waals surface area (Å²) in [5, 5.41) is 20.8. The Labute approximate surface area is 215 Å². The van der Waals surface area contributed by atoms with Crippen molar-refractivity contribution in [2.45, 2.75) is 37.5 Å². The first-order valence-electron chi connectivity index (χ1n) is 11.5. The number of carbonyl (C=O) groups is 1. The number of carboxylic acid groups (broad SMARTS) is 1. The molecule has 3 aromatic carbocycles. The molecule has 0 saturated carbocycles. The van der Waals surface area contributed by atoms with Gasteiger partial charge in [0.1, 0.15) is 0 Å². The van der Waals surface area contributed by atoms with E-state index in [1.807, 2.05) is 37.3 Å². The second-order valence-electron chi connectivity index (χ2n) is 8.46. The molecule has 4 rings (SSSR count). The summed E-state index contributed by atoms with van der Waals surface area (Å²) in [5.41, 5.74) is 3.43. The fourth-order valence-corrected chi connectivity index (χ4v) is 5.24. The Kier molecular flexibility index (Phi) is 7.59. The number of primary sulfonamides is 1. The molecule has 4 aromatic rings. The number of para-hydroxylation sites is 1.